The van der Waals surface area contributed by atoms with Crippen LogP contribution in [0.3, 0.4) is 0 Å². The van der Waals surface area contributed by atoms with E-state index < -0.39 is 0 Å². The molecule has 0 amide bonds. The van der Waals surface area contributed by atoms with Gasteiger partial charge in [-0.3, -0.25) is 19.8 Å². The van der Waals surface area contributed by atoms with E-state index in [4.69, 9.17) is 21.4 Å². The normalized spacial score (nSPS) is 14.0. The van der Waals surface area contributed by atoms with Gasteiger partial charge in [0.25, 0.3) is 11.1 Å². The molecule has 0 radical (unpaired) electrons. The van der Waals surface area contributed by atoms with Gasteiger partial charge < -0.3 is 34.2 Å². The minimum absolute atomic E-state index is 0.104. The van der Waals surface area contributed by atoms with Crippen molar-refractivity contribution in [2.24, 2.45) is 0 Å². The van der Waals surface area contributed by atoms with Crippen molar-refractivity contribution in [1.82, 2.24) is 40.2 Å². The summed E-state index contributed by atoms with van der Waals surface area (Å²) in [4.78, 5) is 44.4. The van der Waals surface area contributed by atoms with E-state index in [0.29, 0.717) is 55.5 Å². The van der Waals surface area contributed by atoms with Crippen LogP contribution in [0.4, 0.5) is 0 Å². The molecule has 324 valence electrons. The Morgan fingerprint density at radius 2 is 1.43 bits per heavy atom. The third kappa shape index (κ3) is 11.9. The van der Waals surface area contributed by atoms with Gasteiger partial charge in [-0.2, -0.15) is 0 Å². The summed E-state index contributed by atoms with van der Waals surface area (Å²) in [6.45, 7) is 16.4. The number of hydrogen-bond donors (Lipinski definition) is 5. The molecule has 0 saturated carbocycles. The summed E-state index contributed by atoms with van der Waals surface area (Å²) in [6, 6.07) is 18.4. The maximum Gasteiger partial charge on any atom is 0.253 e. The number of benzene rings is 2. The van der Waals surface area contributed by atoms with Gasteiger partial charge in [-0.1, -0.05) is 0 Å². The third-order valence-corrected chi connectivity index (χ3v) is 13.8. The van der Waals surface area contributed by atoms with Crippen molar-refractivity contribution in [3.63, 3.8) is 0 Å². The van der Waals surface area contributed by atoms with E-state index >= 15 is 0 Å². The lowest BCUT2D eigenvalue weighted by molar-refractivity contribution is 0.0388. The summed E-state index contributed by atoms with van der Waals surface area (Å²) in [5, 5.41) is 13.0. The number of morpholine rings is 1. The van der Waals surface area contributed by atoms with Crippen LogP contribution in [-0.2, 0) is 30.9 Å². The molecule has 6 aromatic rings. The largest absolute Gasteiger partial charge is 0.468 e. The number of rotatable bonds is 15. The molecular formula is C46H58N8O4S3. The van der Waals surface area contributed by atoms with Crippen LogP contribution in [0.25, 0.3) is 21.8 Å². The summed E-state index contributed by atoms with van der Waals surface area (Å²) < 4.78 is 11.4. The smallest absolute Gasteiger partial charge is 0.253 e. The Hall–Kier alpha value is -4.45. The number of thiol groups is 1. The lowest BCUT2D eigenvalue weighted by Crippen LogP contribution is -2.45. The number of thiophene rings is 1. The molecular weight excluding hydrogens is 825 g/mol. The highest BCUT2D eigenvalue weighted by Gasteiger charge is 2.20. The van der Waals surface area contributed by atoms with Gasteiger partial charge in [0.1, 0.15) is 5.76 Å². The van der Waals surface area contributed by atoms with Crippen molar-refractivity contribution < 1.29 is 9.15 Å². The lowest BCUT2D eigenvalue weighted by Gasteiger charge is -2.29. The molecule has 2 aromatic carbocycles. The monoisotopic (exact) mass is 882 g/mol. The highest BCUT2D eigenvalue weighted by atomic mass is 32.1. The number of aromatic amines is 2. The average molecular weight is 883 g/mol. The molecule has 0 spiro atoms. The van der Waals surface area contributed by atoms with Crippen LogP contribution >= 0.6 is 34.9 Å². The number of ether oxygens (including phenoxy) is 1. The van der Waals surface area contributed by atoms with Crippen LogP contribution in [-0.4, -0.2) is 106 Å². The quantitative estimate of drug-likeness (QED) is 0.0596. The van der Waals surface area contributed by atoms with Gasteiger partial charge in [0.05, 0.1) is 44.2 Å². The minimum atomic E-state index is -0.113. The number of H-pyrrole nitrogens is 2. The van der Waals surface area contributed by atoms with E-state index in [1.807, 2.05) is 36.4 Å². The van der Waals surface area contributed by atoms with Crippen molar-refractivity contribution in [2.45, 2.75) is 58.8 Å². The summed E-state index contributed by atoms with van der Waals surface area (Å²) >= 11 is 8.69. The summed E-state index contributed by atoms with van der Waals surface area (Å²) in [5.41, 5.74) is 7.42. The Bertz CT molecular complexity index is 2610. The number of aryl methyl sites for hydroxylation is 4. The van der Waals surface area contributed by atoms with Gasteiger partial charge in [-0.05, 0) is 142 Å². The molecule has 4 N–H and O–H groups in total. The second-order valence-electron chi connectivity index (χ2n) is 16.2. The number of furan rings is 1. The van der Waals surface area contributed by atoms with Crippen LogP contribution in [0.5, 0.6) is 0 Å². The van der Waals surface area contributed by atoms with E-state index in [-0.39, 0.29) is 11.1 Å². The van der Waals surface area contributed by atoms with Crippen molar-refractivity contribution in [1.29, 1.82) is 0 Å². The third-order valence-electron chi connectivity index (χ3n) is 11.2. The zero-order valence-electron chi connectivity index (χ0n) is 36.0. The maximum absolute atomic E-state index is 13.6. The van der Waals surface area contributed by atoms with Gasteiger partial charge >= 0.3 is 0 Å². The van der Waals surface area contributed by atoms with Crippen LogP contribution in [0.1, 0.15) is 44.0 Å². The first kappa shape index (κ1) is 44.6. The molecule has 1 saturated heterocycles. The molecule has 1 aliphatic heterocycles. The van der Waals surface area contributed by atoms with Gasteiger partial charge in [0, 0.05) is 83.1 Å². The lowest BCUT2D eigenvalue weighted by atomic mass is 10.0. The highest BCUT2D eigenvalue weighted by molar-refractivity contribution is 7.98. The van der Waals surface area contributed by atoms with Crippen molar-refractivity contribution >= 4 is 66.9 Å². The van der Waals surface area contributed by atoms with Crippen LogP contribution in [0.15, 0.2) is 85.1 Å². The van der Waals surface area contributed by atoms with Crippen molar-refractivity contribution in [3.05, 3.63) is 131 Å². The average Bonchev–Trinajstić information content (AvgIpc) is 3.91. The predicted octanol–water partition coefficient (Wildman–Crippen LogP) is 6.23. The molecule has 1 aliphatic rings. The van der Waals surface area contributed by atoms with Crippen molar-refractivity contribution in [2.75, 3.05) is 66.6 Å². The molecule has 5 heterocycles. The molecule has 61 heavy (non-hydrogen) atoms. The first-order chi connectivity index (χ1) is 29.4. The Morgan fingerprint density at radius 1 is 0.803 bits per heavy atom. The number of nitrogens with one attached hydrogen (secondary N) is 4. The molecule has 0 atom stereocenters. The van der Waals surface area contributed by atoms with E-state index in [2.05, 4.69) is 106 Å². The first-order valence-electron chi connectivity index (χ1n) is 20.8. The van der Waals surface area contributed by atoms with Gasteiger partial charge in [-0.15, -0.1) is 22.7 Å². The number of likely N-dealkylation sites (N-methyl/N-ethyl adjacent to an activating group) is 1. The summed E-state index contributed by atoms with van der Waals surface area (Å²) in [6.07, 6.45) is 1.69. The zero-order valence-corrected chi connectivity index (χ0v) is 38.5. The van der Waals surface area contributed by atoms with Gasteiger partial charge in [-0.25, -0.2) is 4.90 Å². The second-order valence-corrected chi connectivity index (χ2v) is 18.8. The fourth-order valence-electron chi connectivity index (χ4n) is 7.38. The molecule has 4 aromatic heterocycles. The van der Waals surface area contributed by atoms with Crippen LogP contribution < -0.4 is 21.8 Å². The zero-order chi connectivity index (χ0) is 43.0. The van der Waals surface area contributed by atoms with E-state index in [0.717, 1.165) is 104 Å². The standard InChI is InChI=1S/C46H58N8O4S3/c1-30-18-34-22-36(43(55)49-41(34)20-32(30)3)25-53(45(59)47-10-12-52-13-16-57-17-14-52)28-39-24-40(29-60-39)61-46(48-9-11-51(5)6)54(27-38-8-7-15-58-38)26-37-23-35-19-31(2)33(4)21-42(35)50-44(37)56/h7-8,15,18-24,29,48,61H,9-14,16-17,25-28H2,1-6H3,(H,47,59)(H,49,55)(H,50,56). The number of nitrogens with zero attached hydrogens (tertiary/aromatic N) is 4. The minimum Gasteiger partial charge on any atom is -0.468 e. The molecule has 0 aliphatic carbocycles. The molecule has 0 bridgehead atoms. The number of aromatic nitrogens is 2. The topological polar surface area (TPSA) is 125 Å². The van der Waals surface area contributed by atoms with Crippen LogP contribution in [0, 0.1) is 27.7 Å². The van der Waals surface area contributed by atoms with E-state index in [9.17, 15) is 9.59 Å². The number of thiocarbonyl (C=S) groups is 1. The SMILES string of the molecule is Cc1cc2cc(CN(Cc3cc(/[SH]=C(\NCCN(C)C)N(Cc4ccco4)Cc4cc5cc(C)c(C)cc5[nH]c4=O)cs3)C(=S)NCCN3CCOCC3)c(=O)[nH]c2cc1C. The predicted molar refractivity (Wildman–Crippen MR) is 256 cm³/mol. The Labute approximate surface area is 370 Å². The Morgan fingerprint density at radius 3 is 2.03 bits per heavy atom. The fourth-order valence-corrected chi connectivity index (χ4v) is 9.77. The number of pyridine rings is 2. The van der Waals surface area contributed by atoms with Crippen molar-refractivity contribution in [3.8, 4) is 0 Å². The first-order valence-corrected chi connectivity index (χ1v) is 23.0. The second kappa shape index (κ2) is 20.6. The molecule has 7 rings (SSSR count). The van der Waals surface area contributed by atoms with Gasteiger partial charge in [0.2, 0.25) is 0 Å². The number of fused-ring (bicyclic) bond motifs is 2. The molecule has 12 nitrogen and oxygen atoms in total. The number of hydrogen-bond acceptors (Lipinski definition) is 8. The highest BCUT2D eigenvalue weighted by Crippen LogP contribution is 2.26. The Balaban J connectivity index is 1.18. The summed E-state index contributed by atoms with van der Waals surface area (Å²) in [5.74, 6) is 0.802. The van der Waals surface area contributed by atoms with Crippen LogP contribution in [0.2, 0.25) is 0 Å². The van der Waals surface area contributed by atoms with Gasteiger partial charge in [0.15, 0.2) is 5.11 Å². The summed E-state index contributed by atoms with van der Waals surface area (Å²) in [7, 11) is 4.12. The maximum atomic E-state index is 13.6. The molecule has 0 unspecified atom stereocenters. The van der Waals surface area contributed by atoms with E-state index in [1.54, 1.807) is 17.6 Å². The molecule has 1 fully saturated rings. The molecule has 15 heteroatoms. The fraction of sp³-hybridized carbons (Fsp3) is 0.391. The van der Waals surface area contributed by atoms with E-state index in [1.165, 1.54) is 11.1 Å². The Kier molecular flexibility index (Phi) is 15.1.